The molecule has 0 aromatic carbocycles. The second-order valence-corrected chi connectivity index (χ2v) is 5.24. The molecule has 0 bridgehead atoms. The zero-order valence-electron chi connectivity index (χ0n) is 10.6. The average Bonchev–Trinajstić information content (AvgIpc) is 2.83. The third kappa shape index (κ3) is 2.96. The highest BCUT2D eigenvalue weighted by molar-refractivity contribution is 4.86. The summed E-state index contributed by atoms with van der Waals surface area (Å²) in [4.78, 5) is 0. The fraction of sp³-hybridized carbons (Fsp3) is 1.00. The Morgan fingerprint density at radius 2 is 2.06 bits per heavy atom. The fourth-order valence-electron chi connectivity index (χ4n) is 2.99. The predicted octanol–water partition coefficient (Wildman–Crippen LogP) is 1.96. The molecule has 0 spiro atoms. The Bertz CT molecular complexity index is 204. The van der Waals surface area contributed by atoms with Gasteiger partial charge in [-0.2, -0.15) is 0 Å². The van der Waals surface area contributed by atoms with Crippen molar-refractivity contribution in [2.75, 3.05) is 20.3 Å². The van der Waals surface area contributed by atoms with E-state index in [2.05, 4.69) is 12.2 Å². The molecule has 0 aromatic heterocycles. The molecule has 16 heavy (non-hydrogen) atoms. The van der Waals surface area contributed by atoms with Crippen LogP contribution >= 0.6 is 0 Å². The minimum atomic E-state index is 0.415. The van der Waals surface area contributed by atoms with Gasteiger partial charge in [-0.15, -0.1) is 0 Å². The van der Waals surface area contributed by atoms with Gasteiger partial charge >= 0.3 is 0 Å². The van der Waals surface area contributed by atoms with Gasteiger partial charge in [-0.3, -0.25) is 0 Å². The van der Waals surface area contributed by atoms with E-state index in [-0.39, 0.29) is 0 Å². The van der Waals surface area contributed by atoms with Crippen molar-refractivity contribution in [1.82, 2.24) is 5.32 Å². The average molecular weight is 227 g/mol. The van der Waals surface area contributed by atoms with E-state index < -0.39 is 0 Å². The molecule has 0 amide bonds. The van der Waals surface area contributed by atoms with Crippen molar-refractivity contribution < 1.29 is 9.47 Å². The second-order valence-electron chi connectivity index (χ2n) is 5.24. The van der Waals surface area contributed by atoms with Crippen LogP contribution in [0.25, 0.3) is 0 Å². The highest BCUT2D eigenvalue weighted by Crippen LogP contribution is 2.23. The Kier molecular flexibility index (Phi) is 4.62. The van der Waals surface area contributed by atoms with Crippen LogP contribution in [0, 0.1) is 5.92 Å². The smallest absolute Gasteiger partial charge is 0.0724 e. The van der Waals surface area contributed by atoms with Gasteiger partial charge < -0.3 is 14.8 Å². The van der Waals surface area contributed by atoms with Crippen LogP contribution in [0.2, 0.25) is 0 Å². The number of methoxy groups -OCH3 is 1. The predicted molar refractivity (Wildman–Crippen MR) is 64.6 cm³/mol. The van der Waals surface area contributed by atoms with E-state index in [1.54, 1.807) is 0 Å². The molecule has 1 heterocycles. The molecule has 94 valence electrons. The van der Waals surface area contributed by atoms with Crippen molar-refractivity contribution >= 4 is 0 Å². The van der Waals surface area contributed by atoms with Crippen LogP contribution in [-0.4, -0.2) is 38.5 Å². The quantitative estimate of drug-likeness (QED) is 0.796. The standard InChI is InChI=1S/C13H25NO2/c1-10(11-7-8-16-9-11)14-12-5-3-4-6-13(12)15-2/h10-14H,3-9H2,1-2H3. The van der Waals surface area contributed by atoms with Crippen LogP contribution < -0.4 is 5.32 Å². The SMILES string of the molecule is COC1CCCCC1NC(C)C1CCOC1. The van der Waals surface area contributed by atoms with E-state index in [1.807, 2.05) is 7.11 Å². The molecule has 4 unspecified atom stereocenters. The van der Waals surface area contributed by atoms with Gasteiger partial charge in [-0.05, 0) is 32.1 Å². The maximum absolute atomic E-state index is 5.57. The summed E-state index contributed by atoms with van der Waals surface area (Å²) >= 11 is 0. The summed E-state index contributed by atoms with van der Waals surface area (Å²) in [6.07, 6.45) is 6.75. The maximum atomic E-state index is 5.57. The molecular formula is C13H25NO2. The normalized spacial score (nSPS) is 37.5. The van der Waals surface area contributed by atoms with Crippen LogP contribution in [0.15, 0.2) is 0 Å². The van der Waals surface area contributed by atoms with Gasteiger partial charge in [0.15, 0.2) is 0 Å². The first kappa shape index (κ1) is 12.3. The van der Waals surface area contributed by atoms with E-state index in [9.17, 15) is 0 Å². The lowest BCUT2D eigenvalue weighted by molar-refractivity contribution is 0.0351. The lowest BCUT2D eigenvalue weighted by Gasteiger charge is -2.34. The first-order chi connectivity index (χ1) is 7.81. The monoisotopic (exact) mass is 227 g/mol. The Morgan fingerprint density at radius 3 is 2.75 bits per heavy atom. The van der Waals surface area contributed by atoms with Gasteiger partial charge in [0, 0.05) is 25.8 Å². The fourth-order valence-corrected chi connectivity index (χ4v) is 2.99. The van der Waals surface area contributed by atoms with Gasteiger partial charge in [0.2, 0.25) is 0 Å². The molecule has 2 rings (SSSR count). The Labute approximate surface area is 98.9 Å². The molecule has 4 atom stereocenters. The molecule has 3 heteroatoms. The first-order valence-electron chi connectivity index (χ1n) is 6.68. The van der Waals surface area contributed by atoms with Gasteiger partial charge in [0.05, 0.1) is 12.7 Å². The summed E-state index contributed by atoms with van der Waals surface area (Å²) in [7, 11) is 1.84. The summed E-state index contributed by atoms with van der Waals surface area (Å²) in [6.45, 7) is 4.16. The lowest BCUT2D eigenvalue weighted by Crippen LogP contribution is -2.49. The minimum Gasteiger partial charge on any atom is -0.381 e. The van der Waals surface area contributed by atoms with E-state index in [0.717, 1.165) is 13.2 Å². The summed E-state index contributed by atoms with van der Waals surface area (Å²) < 4.78 is 11.0. The molecule has 1 aliphatic heterocycles. The number of nitrogens with one attached hydrogen (secondary N) is 1. The Hall–Kier alpha value is -0.120. The Morgan fingerprint density at radius 1 is 1.25 bits per heavy atom. The number of ether oxygens (including phenoxy) is 2. The third-order valence-corrected chi connectivity index (χ3v) is 4.15. The first-order valence-corrected chi connectivity index (χ1v) is 6.68. The van der Waals surface area contributed by atoms with E-state index in [0.29, 0.717) is 24.1 Å². The summed E-state index contributed by atoms with van der Waals surface area (Å²) in [5, 5.41) is 3.76. The summed E-state index contributed by atoms with van der Waals surface area (Å²) in [6, 6.07) is 1.11. The van der Waals surface area contributed by atoms with Crippen molar-refractivity contribution in [3.8, 4) is 0 Å². The zero-order valence-corrected chi connectivity index (χ0v) is 10.6. The minimum absolute atomic E-state index is 0.415. The Balaban J connectivity index is 1.81. The highest BCUT2D eigenvalue weighted by Gasteiger charge is 2.29. The molecule has 0 aromatic rings. The maximum Gasteiger partial charge on any atom is 0.0724 e. The van der Waals surface area contributed by atoms with Gasteiger partial charge in [-0.1, -0.05) is 12.8 Å². The van der Waals surface area contributed by atoms with Crippen molar-refractivity contribution in [3.05, 3.63) is 0 Å². The second kappa shape index (κ2) is 5.99. The van der Waals surface area contributed by atoms with Gasteiger partial charge in [0.1, 0.15) is 0 Å². The van der Waals surface area contributed by atoms with Crippen molar-refractivity contribution in [1.29, 1.82) is 0 Å². The van der Waals surface area contributed by atoms with E-state index >= 15 is 0 Å². The van der Waals surface area contributed by atoms with Crippen molar-refractivity contribution in [2.24, 2.45) is 5.92 Å². The molecule has 1 saturated carbocycles. The molecule has 0 radical (unpaired) electrons. The number of rotatable bonds is 4. The largest absolute Gasteiger partial charge is 0.381 e. The zero-order chi connectivity index (χ0) is 11.4. The van der Waals surface area contributed by atoms with Crippen LogP contribution in [0.1, 0.15) is 39.0 Å². The molecule has 2 aliphatic rings. The summed E-state index contributed by atoms with van der Waals surface area (Å²) in [5.74, 6) is 0.694. The number of hydrogen-bond acceptors (Lipinski definition) is 3. The van der Waals surface area contributed by atoms with E-state index in [4.69, 9.17) is 9.47 Å². The van der Waals surface area contributed by atoms with Gasteiger partial charge in [0.25, 0.3) is 0 Å². The molecule has 1 saturated heterocycles. The molecule has 1 aliphatic carbocycles. The van der Waals surface area contributed by atoms with Gasteiger partial charge in [-0.25, -0.2) is 0 Å². The van der Waals surface area contributed by atoms with E-state index in [1.165, 1.54) is 32.1 Å². The number of hydrogen-bond donors (Lipinski definition) is 1. The van der Waals surface area contributed by atoms with Crippen LogP contribution in [0.5, 0.6) is 0 Å². The highest BCUT2D eigenvalue weighted by atomic mass is 16.5. The van der Waals surface area contributed by atoms with Crippen LogP contribution in [0.3, 0.4) is 0 Å². The van der Waals surface area contributed by atoms with Crippen LogP contribution in [0.4, 0.5) is 0 Å². The molecule has 1 N–H and O–H groups in total. The summed E-state index contributed by atoms with van der Waals surface area (Å²) in [5.41, 5.74) is 0. The topological polar surface area (TPSA) is 30.5 Å². The third-order valence-electron chi connectivity index (χ3n) is 4.15. The molecule has 2 fully saturated rings. The van der Waals surface area contributed by atoms with Crippen molar-refractivity contribution in [2.45, 2.75) is 57.2 Å². The molecular weight excluding hydrogens is 202 g/mol. The van der Waals surface area contributed by atoms with Crippen LogP contribution in [-0.2, 0) is 9.47 Å². The lowest BCUT2D eigenvalue weighted by atomic mass is 9.90. The van der Waals surface area contributed by atoms with Crippen molar-refractivity contribution in [3.63, 3.8) is 0 Å². The molecule has 3 nitrogen and oxygen atoms in total.